The van der Waals surface area contributed by atoms with Gasteiger partial charge in [-0.05, 0) is 18.9 Å². The van der Waals surface area contributed by atoms with E-state index in [4.69, 9.17) is 6.42 Å². The van der Waals surface area contributed by atoms with Crippen LogP contribution in [0.15, 0.2) is 12.2 Å². The van der Waals surface area contributed by atoms with E-state index in [-0.39, 0.29) is 0 Å². The molecule has 0 aromatic heterocycles. The second kappa shape index (κ2) is 13.3. The molecule has 0 spiro atoms. The summed E-state index contributed by atoms with van der Waals surface area (Å²) >= 11 is 0. The van der Waals surface area contributed by atoms with Gasteiger partial charge in [0.15, 0.2) is 0 Å². The van der Waals surface area contributed by atoms with Gasteiger partial charge in [0, 0.05) is 0 Å². The molecule has 0 rings (SSSR count). The summed E-state index contributed by atoms with van der Waals surface area (Å²) in [6.07, 6.45) is 22.7. The van der Waals surface area contributed by atoms with Crippen molar-refractivity contribution in [2.45, 2.75) is 71.1 Å². The van der Waals surface area contributed by atoms with Gasteiger partial charge in [-0.2, -0.15) is 0 Å². The number of unbranched alkanes of at least 4 members (excludes halogenated alkanes) is 9. The molecule has 15 heavy (non-hydrogen) atoms. The molecule has 0 heteroatoms. The lowest BCUT2D eigenvalue weighted by atomic mass is 10.1. The van der Waals surface area contributed by atoms with Gasteiger partial charge < -0.3 is 0 Å². The molecule has 0 amide bonds. The number of hydrogen-bond acceptors (Lipinski definition) is 0. The highest BCUT2D eigenvalue weighted by atomic mass is 14.0. The van der Waals surface area contributed by atoms with Crippen LogP contribution in [0.25, 0.3) is 0 Å². The van der Waals surface area contributed by atoms with Crippen LogP contribution in [-0.4, -0.2) is 0 Å². The fourth-order valence-electron chi connectivity index (χ4n) is 1.72. The van der Waals surface area contributed by atoms with E-state index in [0.29, 0.717) is 0 Å². The van der Waals surface area contributed by atoms with Crippen LogP contribution in [0.1, 0.15) is 71.1 Å². The molecule has 0 aromatic carbocycles. The van der Waals surface area contributed by atoms with Crippen molar-refractivity contribution in [2.24, 2.45) is 0 Å². The van der Waals surface area contributed by atoms with Crippen molar-refractivity contribution in [2.75, 3.05) is 0 Å². The predicted molar refractivity (Wildman–Crippen MR) is 69.8 cm³/mol. The minimum absolute atomic E-state index is 1.15. The van der Waals surface area contributed by atoms with E-state index in [9.17, 15) is 0 Å². The zero-order valence-corrected chi connectivity index (χ0v) is 10.3. The van der Waals surface area contributed by atoms with E-state index in [2.05, 4.69) is 18.9 Å². The van der Waals surface area contributed by atoms with Crippen molar-refractivity contribution in [1.82, 2.24) is 0 Å². The molecule has 0 unspecified atom stereocenters. The Morgan fingerprint density at radius 2 is 1.40 bits per heavy atom. The van der Waals surface area contributed by atoms with Crippen LogP contribution in [-0.2, 0) is 0 Å². The maximum Gasteiger partial charge on any atom is -0.0162 e. The van der Waals surface area contributed by atoms with Crippen molar-refractivity contribution < 1.29 is 0 Å². The van der Waals surface area contributed by atoms with E-state index in [1.807, 2.05) is 6.08 Å². The lowest BCUT2D eigenvalue weighted by Crippen LogP contribution is -1.80. The molecule has 0 aromatic rings. The first kappa shape index (κ1) is 14.3. The third kappa shape index (κ3) is 13.3. The van der Waals surface area contributed by atoms with Gasteiger partial charge in [0.1, 0.15) is 0 Å². The van der Waals surface area contributed by atoms with E-state index >= 15 is 0 Å². The molecule has 86 valence electrons. The molecule has 0 saturated carbocycles. The van der Waals surface area contributed by atoms with Gasteiger partial charge in [-0.25, -0.2) is 0 Å². The normalized spacial score (nSPS) is 10.7. The standard InChI is InChI=1S/C15H26/c1-3-5-7-9-11-13-15-14-12-10-8-6-4-2/h1,5,7H,4,6,8-15H2,2H3/b7-5-. The zero-order chi connectivity index (χ0) is 11.2. The molecular weight excluding hydrogens is 180 g/mol. The van der Waals surface area contributed by atoms with Crippen LogP contribution in [0, 0.1) is 12.3 Å². The summed E-state index contributed by atoms with van der Waals surface area (Å²) in [6, 6.07) is 0. The molecular formula is C15H26. The number of rotatable bonds is 10. The molecule has 0 fully saturated rings. The molecule has 0 atom stereocenters. The Morgan fingerprint density at radius 1 is 0.867 bits per heavy atom. The van der Waals surface area contributed by atoms with Crippen LogP contribution in [0.2, 0.25) is 0 Å². The smallest absolute Gasteiger partial charge is 0.0162 e. The largest absolute Gasteiger partial charge is 0.115 e. The Bertz CT molecular complexity index is 171. The monoisotopic (exact) mass is 206 g/mol. The fraction of sp³-hybridized carbons (Fsp3) is 0.733. The minimum Gasteiger partial charge on any atom is -0.115 e. The Kier molecular flexibility index (Phi) is 12.7. The van der Waals surface area contributed by atoms with E-state index in [0.717, 1.165) is 6.42 Å². The van der Waals surface area contributed by atoms with E-state index in [1.165, 1.54) is 57.8 Å². The number of allylic oxidation sites excluding steroid dienone is 2. The van der Waals surface area contributed by atoms with Crippen molar-refractivity contribution >= 4 is 0 Å². The lowest BCUT2D eigenvalue weighted by molar-refractivity contribution is 0.566. The topological polar surface area (TPSA) is 0 Å². The highest BCUT2D eigenvalue weighted by molar-refractivity contribution is 5.08. The highest BCUT2D eigenvalue weighted by Gasteiger charge is 1.90. The molecule has 0 bridgehead atoms. The van der Waals surface area contributed by atoms with Gasteiger partial charge >= 0.3 is 0 Å². The van der Waals surface area contributed by atoms with Gasteiger partial charge in [0.25, 0.3) is 0 Å². The Balaban J connectivity index is 2.93. The third-order valence-corrected chi connectivity index (χ3v) is 2.69. The first-order valence-electron chi connectivity index (χ1n) is 6.53. The summed E-state index contributed by atoms with van der Waals surface area (Å²) in [5.41, 5.74) is 0. The van der Waals surface area contributed by atoms with Crippen molar-refractivity contribution in [3.63, 3.8) is 0 Å². The summed E-state index contributed by atoms with van der Waals surface area (Å²) < 4.78 is 0. The summed E-state index contributed by atoms with van der Waals surface area (Å²) in [5, 5.41) is 0. The second-order valence-corrected chi connectivity index (χ2v) is 4.19. The Hall–Kier alpha value is -0.700. The zero-order valence-electron chi connectivity index (χ0n) is 10.3. The van der Waals surface area contributed by atoms with Crippen LogP contribution >= 0.6 is 0 Å². The first-order chi connectivity index (χ1) is 7.41. The molecule has 0 N–H and O–H groups in total. The van der Waals surface area contributed by atoms with Crippen LogP contribution in [0.4, 0.5) is 0 Å². The van der Waals surface area contributed by atoms with Crippen molar-refractivity contribution in [3.8, 4) is 12.3 Å². The molecule has 0 aliphatic carbocycles. The van der Waals surface area contributed by atoms with Gasteiger partial charge in [-0.15, -0.1) is 6.42 Å². The predicted octanol–water partition coefficient (Wildman–Crippen LogP) is 5.10. The Labute approximate surface area is 96.2 Å². The summed E-state index contributed by atoms with van der Waals surface area (Å²) in [7, 11) is 0. The van der Waals surface area contributed by atoms with Crippen LogP contribution in [0.5, 0.6) is 0 Å². The van der Waals surface area contributed by atoms with Crippen LogP contribution < -0.4 is 0 Å². The quantitative estimate of drug-likeness (QED) is 0.345. The summed E-state index contributed by atoms with van der Waals surface area (Å²) in [4.78, 5) is 0. The summed E-state index contributed by atoms with van der Waals surface area (Å²) in [5.74, 6) is 2.52. The number of hydrogen-bond donors (Lipinski definition) is 0. The maximum absolute atomic E-state index is 5.11. The molecule has 0 aliphatic rings. The summed E-state index contributed by atoms with van der Waals surface area (Å²) in [6.45, 7) is 2.27. The average Bonchev–Trinajstić information content (AvgIpc) is 2.26. The molecule has 0 radical (unpaired) electrons. The van der Waals surface area contributed by atoms with Crippen molar-refractivity contribution in [3.05, 3.63) is 12.2 Å². The Morgan fingerprint density at radius 3 is 1.93 bits per heavy atom. The molecule has 0 nitrogen and oxygen atoms in total. The fourth-order valence-corrected chi connectivity index (χ4v) is 1.72. The van der Waals surface area contributed by atoms with E-state index < -0.39 is 0 Å². The van der Waals surface area contributed by atoms with Gasteiger partial charge in [0.05, 0.1) is 0 Å². The highest BCUT2D eigenvalue weighted by Crippen LogP contribution is 2.10. The lowest BCUT2D eigenvalue weighted by Gasteiger charge is -2.00. The van der Waals surface area contributed by atoms with Crippen LogP contribution in [0.3, 0.4) is 0 Å². The van der Waals surface area contributed by atoms with Crippen molar-refractivity contribution in [1.29, 1.82) is 0 Å². The first-order valence-corrected chi connectivity index (χ1v) is 6.53. The SMILES string of the molecule is C#C/C=C\CCCCCCCCCCC. The number of terminal acetylenes is 1. The van der Waals surface area contributed by atoms with E-state index in [1.54, 1.807) is 0 Å². The van der Waals surface area contributed by atoms with Gasteiger partial charge in [-0.3, -0.25) is 0 Å². The molecule has 0 aliphatic heterocycles. The van der Waals surface area contributed by atoms with Gasteiger partial charge in [-0.1, -0.05) is 70.3 Å². The maximum atomic E-state index is 5.11. The second-order valence-electron chi connectivity index (χ2n) is 4.19. The minimum atomic E-state index is 1.15. The molecule has 0 heterocycles. The third-order valence-electron chi connectivity index (χ3n) is 2.69. The molecule has 0 saturated heterocycles. The average molecular weight is 206 g/mol. The van der Waals surface area contributed by atoms with Gasteiger partial charge in [0.2, 0.25) is 0 Å².